The number of nitrogens with two attached hydrogens (primary N) is 7. The first-order chi connectivity index (χ1) is 42.8. The molecule has 0 bridgehead atoms. The summed E-state index contributed by atoms with van der Waals surface area (Å²) in [6.45, 7) is 57.9. The van der Waals surface area contributed by atoms with Crippen LogP contribution >= 0.6 is 0 Å². The Hall–Kier alpha value is -6.89. The lowest BCUT2D eigenvalue weighted by Gasteiger charge is -2.31. The number of carbonyl (C=O) groups is 13. The second kappa shape index (κ2) is 222. The number of nitrogens with zero attached hydrogens (tertiary/aromatic N) is 2. The van der Waals surface area contributed by atoms with Crippen molar-refractivity contribution in [2.45, 2.75) is 181 Å². The van der Waals surface area contributed by atoms with Gasteiger partial charge < -0.3 is 127 Å². The highest BCUT2D eigenvalue weighted by Crippen LogP contribution is 2.12. The number of amides is 3. The van der Waals surface area contributed by atoms with E-state index in [1.807, 2.05) is 137 Å². The fraction of sp³-hybridized carbons (Fsp3) is 0.615. The number of aryl methyl sites for hydroxylation is 1. The Labute approximate surface area is 565 Å². The van der Waals surface area contributed by atoms with Crippen LogP contribution in [-0.4, -0.2) is 188 Å². The monoisotopic (exact) mass is 1340 g/mol. The second-order valence-electron chi connectivity index (χ2n) is 15.2. The molecule has 2 aromatic rings. The highest BCUT2D eigenvalue weighted by molar-refractivity contribution is 5.91. The topological polar surface area (TPSA) is 548 Å². The van der Waals surface area contributed by atoms with Crippen LogP contribution in [0, 0.1) is 17.8 Å². The van der Waals surface area contributed by atoms with Gasteiger partial charge in [0.15, 0.2) is 0 Å². The Balaban J connectivity index is -0.0000000252. The van der Waals surface area contributed by atoms with Gasteiger partial charge in [0.05, 0.1) is 0 Å². The Morgan fingerprint density at radius 1 is 0.467 bits per heavy atom. The molecule has 25 N–H and O–H groups in total. The van der Waals surface area contributed by atoms with E-state index in [-0.39, 0.29) is 42.3 Å². The summed E-state index contributed by atoms with van der Waals surface area (Å²) in [5.41, 5.74) is 33.9. The van der Waals surface area contributed by atoms with E-state index >= 15 is 0 Å². The van der Waals surface area contributed by atoms with Gasteiger partial charge in [0.1, 0.15) is 80.0 Å². The lowest BCUT2D eigenvalue weighted by atomic mass is 10.0. The maximum Gasteiger partial charge on any atom is 0.244 e. The van der Waals surface area contributed by atoms with Gasteiger partial charge in [0.25, 0.3) is 0 Å². The Bertz CT molecular complexity index is 1270. The Morgan fingerprint density at radius 3 is 0.848 bits per heavy atom. The van der Waals surface area contributed by atoms with Crippen molar-refractivity contribution in [3.8, 4) is 0 Å². The molecule has 0 unspecified atom stereocenters. The average Bonchev–Trinajstić information content (AvgIpc) is 3.63. The summed E-state index contributed by atoms with van der Waals surface area (Å²) in [7, 11) is 12.1. The molecule has 2 atom stereocenters. The zero-order valence-electron chi connectivity index (χ0n) is 63.8. The minimum Gasteiger partial charge on any atom is -0.394 e. The Kier molecular flexibility index (Phi) is 403. The molecule has 3 amide bonds. The minimum absolute atomic E-state index is 0. The summed E-state index contributed by atoms with van der Waals surface area (Å²) in [6, 6.07) is 18.8. The number of aliphatic hydroxyl groups excluding tert-OH is 1. The Morgan fingerprint density at radius 2 is 0.674 bits per heavy atom. The molecule has 1 heterocycles. The standard InChI is InChI=1S/C20H29N3O3.C8H10.C5H12.2C4H10.C3H8O.2C2H6.7CH5N.10CH2O.3H3N/c1-15(20(26)23-12-8-5-9-13-23)21-19(25)18(22(3)16(2)24)14-17-10-6-4-7-11-17;1-2-8-6-4-3-5-7-8;1-4-5(2)3;2*1-4(2)3;1-3(2)4;19*1-2;;;/h4,6-7,10-11,15,18H,5,8-9,12-14H2,1-3H3,(H,21,25);3-7H,2H2,1H3;5H,4H2,1-3H3;2*4H,1-3H3;3-4H,1-2H3;2*1-2H3;7*2H2,1H3;10*1H2;3*1H3/t15-,18-;;;;;;;;;;;;;;;;;;;;;;;;;;;/m0.........................../s1. The number of likely N-dealkylation sites (N-methyl/N-ethyl adjacent to an activating group) is 1. The van der Waals surface area contributed by atoms with Gasteiger partial charge in [-0.1, -0.05) is 164 Å². The van der Waals surface area contributed by atoms with E-state index in [0.29, 0.717) is 6.42 Å². The zero-order valence-corrected chi connectivity index (χ0v) is 63.8. The lowest BCUT2D eigenvalue weighted by Crippen LogP contribution is -2.54. The number of benzene rings is 2. The van der Waals surface area contributed by atoms with Gasteiger partial charge in [0, 0.05) is 39.6 Å². The lowest BCUT2D eigenvalue weighted by molar-refractivity contribution is -0.140. The maximum absolute atomic E-state index is 12.8. The molecule has 1 fully saturated rings. The first-order valence-electron chi connectivity index (χ1n) is 28.3. The van der Waals surface area contributed by atoms with E-state index in [9.17, 15) is 14.4 Å². The highest BCUT2D eigenvalue weighted by Gasteiger charge is 2.29. The average molecular weight is 1340 g/mol. The van der Waals surface area contributed by atoms with E-state index in [0.717, 1.165) is 62.1 Å². The van der Waals surface area contributed by atoms with Gasteiger partial charge in [-0.05, 0) is 125 Å². The molecule has 92 heavy (non-hydrogen) atoms. The number of piperidine rings is 1. The van der Waals surface area contributed by atoms with Gasteiger partial charge in [-0.25, -0.2) is 0 Å². The first-order valence-corrected chi connectivity index (χ1v) is 28.3. The summed E-state index contributed by atoms with van der Waals surface area (Å²) in [5.74, 6) is 2.01. The molecule has 27 nitrogen and oxygen atoms in total. The van der Waals surface area contributed by atoms with Crippen LogP contribution in [0.25, 0.3) is 0 Å². The molecule has 0 aromatic heterocycles. The molecular weight excluding hydrogens is 1190 g/mol. The van der Waals surface area contributed by atoms with Crippen molar-refractivity contribution in [2.24, 2.45) is 57.9 Å². The molecule has 564 valence electrons. The van der Waals surface area contributed by atoms with Crippen LogP contribution in [-0.2, 0) is 75.2 Å². The van der Waals surface area contributed by atoms with Gasteiger partial charge >= 0.3 is 0 Å². The molecule has 2 aromatic carbocycles. The number of rotatable bonds is 8. The molecule has 0 spiro atoms. The molecule has 27 heteroatoms. The van der Waals surface area contributed by atoms with Crippen molar-refractivity contribution in [3.05, 3.63) is 71.8 Å². The zero-order chi connectivity index (χ0) is 77.9. The molecule has 0 aliphatic carbocycles. The van der Waals surface area contributed by atoms with E-state index < -0.39 is 12.1 Å². The smallest absolute Gasteiger partial charge is 0.244 e. The largest absolute Gasteiger partial charge is 0.394 e. The normalized spacial score (nSPS) is 8.17. The van der Waals surface area contributed by atoms with Crippen LogP contribution in [0.3, 0.4) is 0 Å². The van der Waals surface area contributed by atoms with E-state index in [1.165, 1.54) is 73.1 Å². The third kappa shape index (κ3) is 232. The van der Waals surface area contributed by atoms with Crippen LogP contribution in [0.1, 0.15) is 161 Å². The number of hydrogen-bond acceptors (Lipinski definition) is 24. The van der Waals surface area contributed by atoms with Gasteiger partial charge in [-0.3, -0.25) is 14.4 Å². The van der Waals surface area contributed by atoms with Crippen molar-refractivity contribution in [3.63, 3.8) is 0 Å². The first kappa shape index (κ1) is 167. The van der Waals surface area contributed by atoms with Crippen molar-refractivity contribution in [1.29, 1.82) is 0 Å². The van der Waals surface area contributed by atoms with Crippen LogP contribution in [0.4, 0.5) is 0 Å². The predicted octanol–water partition coefficient (Wildman–Crippen LogP) is 7.32. The fourth-order valence-corrected chi connectivity index (χ4v) is 3.94. The summed E-state index contributed by atoms with van der Waals surface area (Å²) >= 11 is 0. The predicted molar refractivity (Wildman–Crippen MR) is 399 cm³/mol. The summed E-state index contributed by atoms with van der Waals surface area (Å²) < 4.78 is 0. The summed E-state index contributed by atoms with van der Waals surface area (Å²) in [6.07, 6.45) is 5.85. The van der Waals surface area contributed by atoms with Gasteiger partial charge in [-0.2, -0.15) is 0 Å². The van der Waals surface area contributed by atoms with Crippen molar-refractivity contribution in [1.82, 2.24) is 33.6 Å². The molecule has 0 radical (unpaired) electrons. The van der Waals surface area contributed by atoms with Gasteiger partial charge in [0.2, 0.25) is 17.7 Å². The van der Waals surface area contributed by atoms with Crippen molar-refractivity contribution < 1.29 is 67.4 Å². The quantitative estimate of drug-likeness (QED) is 0.123. The number of nitrogens with one attached hydrogen (secondary N) is 1. The highest BCUT2D eigenvalue weighted by atomic mass is 16.3. The maximum atomic E-state index is 12.8. The molecule has 3 rings (SSSR count). The molecule has 1 aliphatic rings. The van der Waals surface area contributed by atoms with Crippen LogP contribution in [0.15, 0.2) is 60.7 Å². The molecule has 1 saturated heterocycles. The van der Waals surface area contributed by atoms with Crippen molar-refractivity contribution in [2.75, 3.05) is 69.5 Å². The number of hydrogen-bond donors (Lipinski definition) is 12. The molecule has 0 saturated carbocycles. The van der Waals surface area contributed by atoms with E-state index in [2.05, 4.69) is 139 Å². The summed E-state index contributed by atoms with van der Waals surface area (Å²) in [5, 5.41) is 10.9. The van der Waals surface area contributed by atoms with Crippen molar-refractivity contribution >= 4 is 85.6 Å². The number of carbonyl (C=O) groups excluding carboxylic acids is 13. The minimum atomic E-state index is -0.647. The SMILES string of the molecule is C=O.C=O.C=O.C=O.C=O.C=O.C=O.C=O.C=O.C=O.CC.CC.CC(=O)N(C)[C@@H](Cc1ccccc1)C(=O)N[C@@H](C)C(=O)N1CCCCC1.CC(C)C.CC(C)C.CC(C)O.CCC(C)C.CCc1ccccc1.CN.CN.CN.CN.CN.CN.CN.N.N.N. The van der Waals surface area contributed by atoms with Crippen LogP contribution < -0.4 is 63.9 Å². The van der Waals surface area contributed by atoms with E-state index in [1.54, 1.807) is 27.8 Å². The molecular formula is C65H155N13O14. The third-order valence-corrected chi connectivity index (χ3v) is 7.00. The third-order valence-electron chi connectivity index (χ3n) is 7.00. The van der Waals surface area contributed by atoms with Crippen LogP contribution in [0.2, 0.25) is 0 Å². The molecule has 1 aliphatic heterocycles. The number of aliphatic hydroxyl groups is 1. The summed E-state index contributed by atoms with van der Waals surface area (Å²) in [4.78, 5) is 120. The fourth-order valence-electron chi connectivity index (χ4n) is 3.94. The van der Waals surface area contributed by atoms with Gasteiger partial charge in [-0.15, -0.1) is 0 Å². The van der Waals surface area contributed by atoms with E-state index in [4.69, 9.17) is 53.1 Å². The number of likely N-dealkylation sites (tertiary alicyclic amines) is 1. The second-order valence-corrected chi connectivity index (χ2v) is 15.2. The van der Waals surface area contributed by atoms with Crippen LogP contribution in [0.5, 0.6) is 0 Å².